The molecule has 0 spiro atoms. The van der Waals surface area contributed by atoms with Crippen molar-refractivity contribution >= 4 is 34.3 Å². The molecule has 3 N–H and O–H groups in total. The first-order valence-electron chi connectivity index (χ1n) is 10.5. The maximum atomic E-state index is 12.7. The van der Waals surface area contributed by atoms with Crippen LogP contribution in [0.15, 0.2) is 42.6 Å². The molecular weight excluding hydrogens is 408 g/mol. The normalized spacial score (nSPS) is 16.2. The molecule has 4 rings (SSSR count). The van der Waals surface area contributed by atoms with Crippen LogP contribution in [0.3, 0.4) is 0 Å². The zero-order chi connectivity index (χ0) is 23.0. The number of benzene rings is 2. The first-order valence-corrected chi connectivity index (χ1v) is 10.5. The van der Waals surface area contributed by atoms with Gasteiger partial charge in [0.05, 0.1) is 0 Å². The molecule has 2 aromatic carbocycles. The maximum Gasteiger partial charge on any atom is 0.321 e. The maximum absolute atomic E-state index is 12.7. The molecule has 1 aromatic heterocycles. The third kappa shape index (κ3) is 4.03. The number of aryl methyl sites for hydroxylation is 2. The van der Waals surface area contributed by atoms with Gasteiger partial charge < -0.3 is 19.9 Å². The molecule has 1 fully saturated rings. The Morgan fingerprint density at radius 1 is 1.19 bits per heavy atom. The summed E-state index contributed by atoms with van der Waals surface area (Å²) in [5.74, 6) is -0.763. The quantitative estimate of drug-likeness (QED) is 0.546. The number of hydrogen-bond donors (Lipinski definition) is 3. The second-order valence-electron chi connectivity index (χ2n) is 8.29. The number of urea groups is 1. The molecule has 3 aromatic rings. The molecule has 1 aliphatic heterocycles. The number of piperidine rings is 1. The molecule has 166 valence electrons. The molecule has 4 amide bonds. The van der Waals surface area contributed by atoms with Gasteiger partial charge in [-0.2, -0.15) is 0 Å². The van der Waals surface area contributed by atoms with E-state index in [0.717, 1.165) is 27.8 Å². The van der Waals surface area contributed by atoms with Gasteiger partial charge in [-0.3, -0.25) is 14.9 Å². The van der Waals surface area contributed by atoms with Gasteiger partial charge in [0.1, 0.15) is 6.04 Å². The van der Waals surface area contributed by atoms with Crippen molar-refractivity contribution in [2.45, 2.75) is 39.3 Å². The number of imide groups is 1. The summed E-state index contributed by atoms with van der Waals surface area (Å²) in [6.07, 6.45) is 2.26. The summed E-state index contributed by atoms with van der Waals surface area (Å²) in [7, 11) is 1.70. The van der Waals surface area contributed by atoms with Crippen molar-refractivity contribution in [3.05, 3.63) is 59.3 Å². The highest BCUT2D eigenvalue weighted by molar-refractivity contribution is 6.00. The highest BCUT2D eigenvalue weighted by Crippen LogP contribution is 2.34. The molecule has 8 heteroatoms. The van der Waals surface area contributed by atoms with Gasteiger partial charge in [-0.25, -0.2) is 4.79 Å². The minimum atomic E-state index is -0.654. The average Bonchev–Trinajstić information content (AvgIpc) is 3.08. The SMILES string of the molecule is Cc1ccc(NC(=O)N(C)Cc2cccc3c(O)n(C4CCC(=O)NC4=O)cc23)cc1C. The molecule has 8 nitrogen and oxygen atoms in total. The van der Waals surface area contributed by atoms with Crippen molar-refractivity contribution < 1.29 is 19.5 Å². The largest absolute Gasteiger partial charge is 0.494 e. The number of rotatable bonds is 4. The Morgan fingerprint density at radius 3 is 2.69 bits per heavy atom. The molecule has 1 saturated heterocycles. The summed E-state index contributed by atoms with van der Waals surface area (Å²) in [5, 5.41) is 17.3. The van der Waals surface area contributed by atoms with Crippen LogP contribution in [0.4, 0.5) is 10.5 Å². The molecule has 1 unspecified atom stereocenters. The lowest BCUT2D eigenvalue weighted by Crippen LogP contribution is -2.41. The van der Waals surface area contributed by atoms with Crippen LogP contribution in [-0.4, -0.2) is 39.5 Å². The van der Waals surface area contributed by atoms with Crippen molar-refractivity contribution in [2.75, 3.05) is 12.4 Å². The summed E-state index contributed by atoms with van der Waals surface area (Å²) in [6, 6.07) is 10.3. The highest BCUT2D eigenvalue weighted by atomic mass is 16.3. The summed E-state index contributed by atoms with van der Waals surface area (Å²) >= 11 is 0. The van der Waals surface area contributed by atoms with E-state index in [1.54, 1.807) is 30.3 Å². The van der Waals surface area contributed by atoms with Crippen molar-refractivity contribution in [1.82, 2.24) is 14.8 Å². The first kappa shape index (κ1) is 21.4. The van der Waals surface area contributed by atoms with E-state index in [1.807, 2.05) is 38.1 Å². The molecule has 0 aliphatic carbocycles. The van der Waals surface area contributed by atoms with Crippen LogP contribution in [-0.2, 0) is 16.1 Å². The molecule has 0 saturated carbocycles. The Kier molecular flexibility index (Phi) is 5.61. The average molecular weight is 434 g/mol. The molecule has 2 heterocycles. The molecule has 0 radical (unpaired) electrons. The second kappa shape index (κ2) is 8.37. The molecule has 0 bridgehead atoms. The number of aromatic hydroxyl groups is 1. The first-order chi connectivity index (χ1) is 15.2. The van der Waals surface area contributed by atoms with E-state index in [4.69, 9.17) is 0 Å². The molecule has 1 atom stereocenters. The van der Waals surface area contributed by atoms with Gasteiger partial charge in [0.15, 0.2) is 5.88 Å². The smallest absolute Gasteiger partial charge is 0.321 e. The highest BCUT2D eigenvalue weighted by Gasteiger charge is 2.30. The summed E-state index contributed by atoms with van der Waals surface area (Å²) in [6.45, 7) is 4.33. The number of anilines is 1. The van der Waals surface area contributed by atoms with Crippen LogP contribution in [0.2, 0.25) is 0 Å². The summed E-state index contributed by atoms with van der Waals surface area (Å²) in [4.78, 5) is 38.0. The van der Waals surface area contributed by atoms with E-state index >= 15 is 0 Å². The Labute approximate surface area is 185 Å². The van der Waals surface area contributed by atoms with Gasteiger partial charge in [-0.15, -0.1) is 0 Å². The van der Waals surface area contributed by atoms with Crippen molar-refractivity contribution in [1.29, 1.82) is 0 Å². The van der Waals surface area contributed by atoms with Gasteiger partial charge in [0, 0.05) is 42.7 Å². The zero-order valence-electron chi connectivity index (χ0n) is 18.3. The third-order valence-electron chi connectivity index (χ3n) is 6.01. The minimum absolute atomic E-state index is 0.0291. The second-order valence-corrected chi connectivity index (χ2v) is 8.29. The number of amides is 4. The van der Waals surface area contributed by atoms with Gasteiger partial charge in [0.25, 0.3) is 0 Å². The predicted molar refractivity (Wildman–Crippen MR) is 121 cm³/mol. The van der Waals surface area contributed by atoms with E-state index in [1.165, 1.54) is 4.57 Å². The number of hydrogen-bond acceptors (Lipinski definition) is 4. The van der Waals surface area contributed by atoms with Crippen LogP contribution in [0.25, 0.3) is 10.8 Å². The van der Waals surface area contributed by atoms with Crippen molar-refractivity contribution in [3.63, 3.8) is 0 Å². The van der Waals surface area contributed by atoms with Gasteiger partial charge in [0.2, 0.25) is 11.8 Å². The molecular formula is C24H26N4O4. The van der Waals surface area contributed by atoms with Crippen molar-refractivity contribution in [3.8, 4) is 5.88 Å². The van der Waals surface area contributed by atoms with Crippen molar-refractivity contribution in [2.24, 2.45) is 0 Å². The van der Waals surface area contributed by atoms with Crippen LogP contribution in [0, 0.1) is 13.8 Å². The van der Waals surface area contributed by atoms with Crippen LogP contribution >= 0.6 is 0 Å². The number of carbonyl (C=O) groups excluding carboxylic acids is 3. The fourth-order valence-electron chi connectivity index (χ4n) is 3.99. The van der Waals surface area contributed by atoms with Gasteiger partial charge >= 0.3 is 6.03 Å². The Bertz CT molecular complexity index is 1230. The van der Waals surface area contributed by atoms with Crippen LogP contribution in [0.5, 0.6) is 5.88 Å². The number of nitrogens with zero attached hydrogens (tertiary/aromatic N) is 2. The topological polar surface area (TPSA) is 104 Å². The molecule has 32 heavy (non-hydrogen) atoms. The zero-order valence-corrected chi connectivity index (χ0v) is 18.3. The van der Waals surface area contributed by atoms with Gasteiger partial charge in [-0.05, 0) is 55.2 Å². The predicted octanol–water partition coefficient (Wildman–Crippen LogP) is 3.61. The van der Waals surface area contributed by atoms with E-state index in [-0.39, 0.29) is 24.2 Å². The number of carbonyl (C=O) groups is 3. The lowest BCUT2D eigenvalue weighted by molar-refractivity contribution is -0.135. The van der Waals surface area contributed by atoms with E-state index < -0.39 is 11.9 Å². The summed E-state index contributed by atoms with van der Waals surface area (Å²) < 4.78 is 1.51. The van der Waals surface area contributed by atoms with Crippen LogP contribution in [0.1, 0.15) is 35.6 Å². The Hall–Kier alpha value is -3.81. The number of fused-ring (bicyclic) bond motifs is 1. The van der Waals surface area contributed by atoms with E-state index in [9.17, 15) is 19.5 Å². The fraction of sp³-hybridized carbons (Fsp3) is 0.292. The Morgan fingerprint density at radius 2 is 1.97 bits per heavy atom. The lowest BCUT2D eigenvalue weighted by Gasteiger charge is -2.22. The lowest BCUT2D eigenvalue weighted by atomic mass is 10.1. The van der Waals surface area contributed by atoms with E-state index in [0.29, 0.717) is 18.4 Å². The number of aromatic nitrogens is 1. The minimum Gasteiger partial charge on any atom is -0.494 e. The van der Waals surface area contributed by atoms with E-state index in [2.05, 4.69) is 10.6 Å². The Balaban J connectivity index is 1.56. The standard InChI is InChI=1S/C24H26N4O4/c1-14-7-8-17(11-15(14)2)25-24(32)27(3)12-16-5-4-6-18-19(16)13-28(23(18)31)20-9-10-21(29)26-22(20)30/h4-8,11,13,20,31H,9-10,12H2,1-3H3,(H,25,32)(H,26,29,30). The third-order valence-corrected chi connectivity index (χ3v) is 6.01. The van der Waals surface area contributed by atoms with Gasteiger partial charge in [-0.1, -0.05) is 18.2 Å². The fourth-order valence-corrected chi connectivity index (χ4v) is 3.99. The number of nitrogens with one attached hydrogen (secondary N) is 2. The van der Waals surface area contributed by atoms with Crippen LogP contribution < -0.4 is 10.6 Å². The summed E-state index contributed by atoms with van der Waals surface area (Å²) in [5.41, 5.74) is 3.82. The molecule has 1 aliphatic rings. The monoisotopic (exact) mass is 434 g/mol.